The average Bonchev–Trinajstić information content (AvgIpc) is 2.40. The molecule has 2 N–H and O–H groups in total. The van der Waals surface area contributed by atoms with Crippen LogP contribution in [0.3, 0.4) is 0 Å². The second kappa shape index (κ2) is 5.85. The molecular weight excluding hydrogens is 241 g/mol. The topological polar surface area (TPSA) is 35.2 Å². The first-order valence-electron chi connectivity index (χ1n) is 6.30. The van der Waals surface area contributed by atoms with Gasteiger partial charge in [-0.15, -0.1) is 0 Å². The van der Waals surface area contributed by atoms with E-state index in [1.807, 2.05) is 38.1 Å². The Bertz CT molecular complexity index is 566. The van der Waals surface area contributed by atoms with E-state index in [0.29, 0.717) is 6.61 Å². The fourth-order valence-corrected chi connectivity index (χ4v) is 1.94. The molecule has 0 spiro atoms. The van der Waals surface area contributed by atoms with Gasteiger partial charge in [-0.3, -0.25) is 0 Å². The van der Waals surface area contributed by atoms with Gasteiger partial charge < -0.3 is 10.5 Å². The van der Waals surface area contributed by atoms with Gasteiger partial charge in [-0.2, -0.15) is 0 Å². The summed E-state index contributed by atoms with van der Waals surface area (Å²) in [6.45, 7) is 4.19. The number of aryl methyl sites for hydroxylation is 1. The third kappa shape index (κ3) is 3.32. The highest BCUT2D eigenvalue weighted by atomic mass is 19.1. The Morgan fingerprint density at radius 2 is 1.95 bits per heavy atom. The summed E-state index contributed by atoms with van der Waals surface area (Å²) in [5.41, 5.74) is 8.71. The Morgan fingerprint density at radius 3 is 2.68 bits per heavy atom. The minimum Gasteiger partial charge on any atom is -0.489 e. The first-order chi connectivity index (χ1) is 9.08. The van der Waals surface area contributed by atoms with Crippen molar-refractivity contribution in [3.05, 3.63) is 65.0 Å². The number of benzene rings is 2. The van der Waals surface area contributed by atoms with Gasteiger partial charge in [0.2, 0.25) is 0 Å². The summed E-state index contributed by atoms with van der Waals surface area (Å²) >= 11 is 0. The molecule has 0 bridgehead atoms. The molecule has 0 aromatic heterocycles. The summed E-state index contributed by atoms with van der Waals surface area (Å²) in [5.74, 6) is 0.505. The first-order valence-corrected chi connectivity index (χ1v) is 6.30. The zero-order valence-corrected chi connectivity index (χ0v) is 11.2. The highest BCUT2D eigenvalue weighted by molar-refractivity contribution is 5.36. The quantitative estimate of drug-likeness (QED) is 0.908. The van der Waals surface area contributed by atoms with Crippen molar-refractivity contribution >= 4 is 0 Å². The van der Waals surface area contributed by atoms with Crippen molar-refractivity contribution in [3.63, 3.8) is 0 Å². The second-order valence-electron chi connectivity index (χ2n) is 4.69. The van der Waals surface area contributed by atoms with Crippen molar-refractivity contribution < 1.29 is 9.13 Å². The molecule has 0 aliphatic rings. The van der Waals surface area contributed by atoms with Gasteiger partial charge in [0.1, 0.15) is 18.2 Å². The average molecular weight is 259 g/mol. The van der Waals surface area contributed by atoms with Crippen molar-refractivity contribution in [1.29, 1.82) is 0 Å². The fraction of sp³-hybridized carbons (Fsp3) is 0.250. The summed E-state index contributed by atoms with van der Waals surface area (Å²) < 4.78 is 19.0. The first kappa shape index (κ1) is 13.6. The van der Waals surface area contributed by atoms with Crippen LogP contribution in [0.5, 0.6) is 5.75 Å². The number of hydrogen-bond acceptors (Lipinski definition) is 2. The van der Waals surface area contributed by atoms with Crippen molar-refractivity contribution in [3.8, 4) is 5.75 Å². The van der Waals surface area contributed by atoms with E-state index in [-0.39, 0.29) is 11.9 Å². The maximum absolute atomic E-state index is 13.2. The summed E-state index contributed by atoms with van der Waals surface area (Å²) in [6, 6.07) is 12.3. The number of hydrogen-bond donors (Lipinski definition) is 1. The van der Waals surface area contributed by atoms with Crippen molar-refractivity contribution in [2.45, 2.75) is 26.5 Å². The standard InChI is InChI=1S/C16H18FNO/c1-11-7-8-14(17)9-13(11)10-19-16-6-4-3-5-15(16)12(2)18/h3-9,12H,10,18H2,1-2H3/t12-/m0/s1. The van der Waals surface area contributed by atoms with Crippen LogP contribution in [-0.4, -0.2) is 0 Å². The summed E-state index contributed by atoms with van der Waals surface area (Å²) in [4.78, 5) is 0. The molecule has 2 aromatic carbocycles. The van der Waals surface area contributed by atoms with Crippen LogP contribution in [-0.2, 0) is 6.61 Å². The Labute approximate surface area is 113 Å². The van der Waals surface area contributed by atoms with Gasteiger partial charge in [-0.05, 0) is 43.2 Å². The molecule has 0 heterocycles. The molecule has 0 unspecified atom stereocenters. The highest BCUT2D eigenvalue weighted by Crippen LogP contribution is 2.24. The third-order valence-corrected chi connectivity index (χ3v) is 3.10. The Kier molecular flexibility index (Phi) is 4.17. The van der Waals surface area contributed by atoms with E-state index in [0.717, 1.165) is 22.4 Å². The van der Waals surface area contributed by atoms with E-state index < -0.39 is 0 Å². The van der Waals surface area contributed by atoms with Crippen LogP contribution in [0.1, 0.15) is 29.7 Å². The van der Waals surface area contributed by atoms with Crippen LogP contribution in [0.2, 0.25) is 0 Å². The lowest BCUT2D eigenvalue weighted by atomic mass is 10.1. The monoisotopic (exact) mass is 259 g/mol. The van der Waals surface area contributed by atoms with Crippen molar-refractivity contribution in [1.82, 2.24) is 0 Å². The lowest BCUT2D eigenvalue weighted by molar-refractivity contribution is 0.300. The molecule has 3 heteroatoms. The molecule has 2 rings (SSSR count). The second-order valence-corrected chi connectivity index (χ2v) is 4.69. The zero-order valence-electron chi connectivity index (χ0n) is 11.2. The summed E-state index contributed by atoms with van der Waals surface area (Å²) in [5, 5.41) is 0. The number of halogens is 1. The van der Waals surface area contributed by atoms with Gasteiger partial charge in [0.05, 0.1) is 0 Å². The largest absolute Gasteiger partial charge is 0.489 e. The molecular formula is C16H18FNO. The maximum Gasteiger partial charge on any atom is 0.124 e. The maximum atomic E-state index is 13.2. The molecule has 0 amide bonds. The molecule has 19 heavy (non-hydrogen) atoms. The molecule has 0 fully saturated rings. The van der Waals surface area contributed by atoms with Gasteiger partial charge >= 0.3 is 0 Å². The molecule has 0 saturated heterocycles. The third-order valence-electron chi connectivity index (χ3n) is 3.10. The zero-order chi connectivity index (χ0) is 13.8. The van der Waals surface area contributed by atoms with Crippen LogP contribution in [0.25, 0.3) is 0 Å². The van der Waals surface area contributed by atoms with Crippen LogP contribution in [0.15, 0.2) is 42.5 Å². The minimum atomic E-state index is -0.246. The summed E-state index contributed by atoms with van der Waals surface area (Å²) in [6.07, 6.45) is 0. The molecule has 2 aromatic rings. The minimum absolute atomic E-state index is 0.0928. The summed E-state index contributed by atoms with van der Waals surface area (Å²) in [7, 11) is 0. The molecule has 0 aliphatic carbocycles. The molecule has 0 radical (unpaired) electrons. The van der Waals surface area contributed by atoms with E-state index in [4.69, 9.17) is 10.5 Å². The molecule has 0 aliphatic heterocycles. The predicted octanol–water partition coefficient (Wildman–Crippen LogP) is 3.73. The van der Waals surface area contributed by atoms with E-state index in [2.05, 4.69) is 0 Å². The molecule has 1 atom stereocenters. The van der Waals surface area contributed by atoms with Crippen LogP contribution >= 0.6 is 0 Å². The molecule has 0 saturated carbocycles. The van der Waals surface area contributed by atoms with Crippen LogP contribution in [0.4, 0.5) is 4.39 Å². The lowest BCUT2D eigenvalue weighted by Gasteiger charge is -2.14. The van der Waals surface area contributed by atoms with Gasteiger partial charge in [-0.1, -0.05) is 24.3 Å². The van der Waals surface area contributed by atoms with Gasteiger partial charge in [-0.25, -0.2) is 4.39 Å². The SMILES string of the molecule is Cc1ccc(F)cc1COc1ccccc1[C@H](C)N. The van der Waals surface area contributed by atoms with Gasteiger partial charge in [0.15, 0.2) is 0 Å². The lowest BCUT2D eigenvalue weighted by Crippen LogP contribution is -2.08. The number of rotatable bonds is 4. The molecule has 2 nitrogen and oxygen atoms in total. The highest BCUT2D eigenvalue weighted by Gasteiger charge is 2.08. The van der Waals surface area contributed by atoms with E-state index in [1.54, 1.807) is 6.07 Å². The van der Waals surface area contributed by atoms with Crippen molar-refractivity contribution in [2.75, 3.05) is 0 Å². The van der Waals surface area contributed by atoms with Crippen LogP contribution < -0.4 is 10.5 Å². The smallest absolute Gasteiger partial charge is 0.124 e. The fourth-order valence-electron chi connectivity index (χ4n) is 1.94. The number of nitrogens with two attached hydrogens (primary N) is 1. The van der Waals surface area contributed by atoms with Gasteiger partial charge in [0.25, 0.3) is 0 Å². The van der Waals surface area contributed by atoms with Gasteiger partial charge in [0, 0.05) is 11.6 Å². The Balaban J connectivity index is 2.17. The van der Waals surface area contributed by atoms with E-state index in [1.165, 1.54) is 12.1 Å². The number of ether oxygens (including phenoxy) is 1. The Hall–Kier alpha value is -1.87. The number of para-hydroxylation sites is 1. The normalized spacial score (nSPS) is 12.2. The van der Waals surface area contributed by atoms with E-state index >= 15 is 0 Å². The predicted molar refractivity (Wildman–Crippen MR) is 74.5 cm³/mol. The van der Waals surface area contributed by atoms with Crippen molar-refractivity contribution in [2.24, 2.45) is 5.73 Å². The van der Waals surface area contributed by atoms with Crippen LogP contribution in [0, 0.1) is 12.7 Å². The van der Waals surface area contributed by atoms with E-state index in [9.17, 15) is 4.39 Å². The Morgan fingerprint density at radius 1 is 1.21 bits per heavy atom. The molecule has 100 valence electrons.